The zero-order valence-electron chi connectivity index (χ0n) is 14.8. The number of aromatic amines is 1. The Morgan fingerprint density at radius 3 is 2.80 bits per heavy atom. The summed E-state index contributed by atoms with van der Waals surface area (Å²) >= 11 is 0. The average molecular weight is 340 g/mol. The van der Waals surface area contributed by atoms with Gasteiger partial charge in [-0.1, -0.05) is 25.0 Å². The van der Waals surface area contributed by atoms with Gasteiger partial charge in [0.25, 0.3) is 5.91 Å². The number of aromatic nitrogens is 2. The first-order valence-corrected chi connectivity index (χ1v) is 9.39. The van der Waals surface area contributed by atoms with Crippen LogP contribution in [-0.2, 0) is 13.0 Å². The number of hydrogen-bond donors (Lipinski definition) is 2. The maximum Gasteiger partial charge on any atom is 0.251 e. The van der Waals surface area contributed by atoms with Gasteiger partial charge in [0.2, 0.25) is 0 Å². The molecule has 3 rings (SSSR count). The number of likely N-dealkylation sites (tertiary alicyclic amines) is 1. The van der Waals surface area contributed by atoms with Crippen LogP contribution in [0.4, 0.5) is 0 Å². The lowest BCUT2D eigenvalue weighted by Gasteiger charge is -2.20. The lowest BCUT2D eigenvalue weighted by atomic mass is 10.1. The Hall–Kier alpha value is -2.14. The number of H-pyrrole nitrogens is 1. The maximum atomic E-state index is 12.4. The largest absolute Gasteiger partial charge is 0.352 e. The van der Waals surface area contributed by atoms with Crippen LogP contribution < -0.4 is 5.32 Å². The molecule has 0 radical (unpaired) electrons. The molecule has 1 aromatic heterocycles. The first-order chi connectivity index (χ1) is 12.3. The van der Waals surface area contributed by atoms with Crippen LogP contribution in [-0.4, -0.2) is 40.4 Å². The number of nitrogens with one attached hydrogen (secondary N) is 2. The van der Waals surface area contributed by atoms with E-state index < -0.39 is 0 Å². The number of imidazole rings is 1. The Labute approximate surface area is 149 Å². The van der Waals surface area contributed by atoms with Crippen molar-refractivity contribution in [1.29, 1.82) is 0 Å². The second-order valence-corrected chi connectivity index (χ2v) is 6.79. The van der Waals surface area contributed by atoms with Gasteiger partial charge in [0, 0.05) is 37.5 Å². The minimum Gasteiger partial charge on any atom is -0.352 e. The highest BCUT2D eigenvalue weighted by Gasteiger charge is 2.11. The van der Waals surface area contributed by atoms with Gasteiger partial charge in [-0.25, -0.2) is 4.98 Å². The van der Waals surface area contributed by atoms with Gasteiger partial charge in [0.1, 0.15) is 5.82 Å². The molecule has 1 aliphatic rings. The molecule has 0 aliphatic carbocycles. The molecule has 1 aliphatic heterocycles. The summed E-state index contributed by atoms with van der Waals surface area (Å²) in [6, 6.07) is 8.05. The summed E-state index contributed by atoms with van der Waals surface area (Å²) in [4.78, 5) is 22.1. The summed E-state index contributed by atoms with van der Waals surface area (Å²) < 4.78 is 0. The minimum absolute atomic E-state index is 0.0113. The van der Waals surface area contributed by atoms with Crippen molar-refractivity contribution in [3.8, 4) is 0 Å². The number of hydrogen-bond acceptors (Lipinski definition) is 3. The second-order valence-electron chi connectivity index (χ2n) is 6.79. The molecule has 5 heteroatoms. The smallest absolute Gasteiger partial charge is 0.251 e. The van der Waals surface area contributed by atoms with Crippen LogP contribution in [0.2, 0.25) is 0 Å². The summed E-state index contributed by atoms with van der Waals surface area (Å²) in [7, 11) is 0. The number of carbonyl (C=O) groups excluding carboxylic acids is 1. The second kappa shape index (κ2) is 9.37. The zero-order chi connectivity index (χ0) is 17.3. The fourth-order valence-electron chi connectivity index (χ4n) is 3.36. The van der Waals surface area contributed by atoms with Crippen LogP contribution in [0.5, 0.6) is 0 Å². The Bertz CT molecular complexity index is 645. The summed E-state index contributed by atoms with van der Waals surface area (Å²) in [5, 5.41) is 3.01. The molecule has 0 bridgehead atoms. The van der Waals surface area contributed by atoms with Crippen molar-refractivity contribution in [2.24, 2.45) is 0 Å². The summed E-state index contributed by atoms with van der Waals surface area (Å²) in [5.41, 5.74) is 1.98. The lowest BCUT2D eigenvalue weighted by Crippen LogP contribution is -2.26. The SMILES string of the molecule is O=C(NCCCc1ncc[nH]1)c1cccc(CN2CCCCCC2)c1. The highest BCUT2D eigenvalue weighted by atomic mass is 16.1. The van der Waals surface area contributed by atoms with Crippen LogP contribution in [0.25, 0.3) is 0 Å². The van der Waals surface area contributed by atoms with Crippen molar-refractivity contribution in [2.45, 2.75) is 45.1 Å². The number of rotatable bonds is 7. The molecule has 1 saturated heterocycles. The van der Waals surface area contributed by atoms with Crippen LogP contribution in [0.15, 0.2) is 36.7 Å². The van der Waals surface area contributed by atoms with E-state index in [2.05, 4.69) is 26.3 Å². The van der Waals surface area contributed by atoms with E-state index in [1.54, 1.807) is 6.20 Å². The van der Waals surface area contributed by atoms with Gasteiger partial charge in [-0.3, -0.25) is 9.69 Å². The highest BCUT2D eigenvalue weighted by Crippen LogP contribution is 2.14. The molecule has 0 spiro atoms. The number of carbonyl (C=O) groups is 1. The standard InChI is InChI=1S/C20H28N4O/c25-20(23-10-6-9-19-21-11-12-22-19)18-8-5-7-17(15-18)16-24-13-3-1-2-4-14-24/h5,7-8,11-12,15H,1-4,6,9-10,13-14,16H2,(H,21,22)(H,23,25). The molecule has 5 nitrogen and oxygen atoms in total. The Morgan fingerprint density at radius 1 is 1.20 bits per heavy atom. The van der Waals surface area contributed by atoms with Crippen LogP contribution >= 0.6 is 0 Å². The lowest BCUT2D eigenvalue weighted by molar-refractivity contribution is 0.0953. The van der Waals surface area contributed by atoms with Gasteiger partial charge >= 0.3 is 0 Å². The van der Waals surface area contributed by atoms with Crippen molar-refractivity contribution in [1.82, 2.24) is 20.2 Å². The van der Waals surface area contributed by atoms with Gasteiger partial charge in [0.05, 0.1) is 0 Å². The summed E-state index contributed by atoms with van der Waals surface area (Å²) in [6.07, 6.45) is 10.6. The van der Waals surface area contributed by atoms with Crippen LogP contribution in [0, 0.1) is 0 Å². The van der Waals surface area contributed by atoms with Crippen molar-refractivity contribution < 1.29 is 4.79 Å². The van der Waals surface area contributed by atoms with Gasteiger partial charge in [-0.05, 0) is 50.0 Å². The molecule has 1 amide bonds. The van der Waals surface area contributed by atoms with Crippen molar-refractivity contribution in [2.75, 3.05) is 19.6 Å². The first kappa shape index (κ1) is 17.7. The predicted octanol–water partition coefficient (Wildman–Crippen LogP) is 3.15. The molecule has 25 heavy (non-hydrogen) atoms. The molecule has 2 N–H and O–H groups in total. The molecule has 2 heterocycles. The third kappa shape index (κ3) is 5.71. The van der Waals surface area contributed by atoms with E-state index >= 15 is 0 Å². The van der Waals surface area contributed by atoms with E-state index in [-0.39, 0.29) is 5.91 Å². The summed E-state index contributed by atoms with van der Waals surface area (Å²) in [6.45, 7) is 3.95. The molecule has 1 fully saturated rings. The van der Waals surface area contributed by atoms with E-state index in [1.165, 1.54) is 44.3 Å². The van der Waals surface area contributed by atoms with Crippen molar-refractivity contribution in [3.63, 3.8) is 0 Å². The molecule has 134 valence electrons. The molecule has 1 aromatic carbocycles. The third-order valence-electron chi connectivity index (χ3n) is 4.72. The molecular weight excluding hydrogens is 312 g/mol. The number of amides is 1. The number of aryl methyl sites for hydroxylation is 1. The monoisotopic (exact) mass is 340 g/mol. The topological polar surface area (TPSA) is 61.0 Å². The van der Waals surface area contributed by atoms with E-state index in [1.807, 2.05) is 24.4 Å². The number of nitrogens with zero attached hydrogens (tertiary/aromatic N) is 2. The maximum absolute atomic E-state index is 12.4. The molecular formula is C20H28N4O. The highest BCUT2D eigenvalue weighted by molar-refractivity contribution is 5.94. The van der Waals surface area contributed by atoms with Gasteiger partial charge < -0.3 is 10.3 Å². The molecule has 0 saturated carbocycles. The van der Waals surface area contributed by atoms with Crippen molar-refractivity contribution in [3.05, 3.63) is 53.6 Å². The van der Waals surface area contributed by atoms with Gasteiger partial charge in [0.15, 0.2) is 0 Å². The van der Waals surface area contributed by atoms with Crippen LogP contribution in [0.3, 0.4) is 0 Å². The summed E-state index contributed by atoms with van der Waals surface area (Å²) in [5.74, 6) is 0.978. The first-order valence-electron chi connectivity index (χ1n) is 9.39. The number of benzene rings is 1. The normalized spacial score (nSPS) is 15.7. The minimum atomic E-state index is 0.0113. The molecule has 0 unspecified atom stereocenters. The predicted molar refractivity (Wildman–Crippen MR) is 99.4 cm³/mol. The molecule has 2 aromatic rings. The fourth-order valence-corrected chi connectivity index (χ4v) is 3.36. The van der Waals surface area contributed by atoms with E-state index in [0.29, 0.717) is 6.54 Å². The van der Waals surface area contributed by atoms with Gasteiger partial charge in [-0.2, -0.15) is 0 Å². The Balaban J connectivity index is 1.47. The van der Waals surface area contributed by atoms with Crippen LogP contribution in [0.1, 0.15) is 53.8 Å². The Morgan fingerprint density at radius 2 is 2.04 bits per heavy atom. The van der Waals surface area contributed by atoms with Gasteiger partial charge in [-0.15, -0.1) is 0 Å². The van der Waals surface area contributed by atoms with E-state index in [0.717, 1.165) is 30.8 Å². The fraction of sp³-hybridized carbons (Fsp3) is 0.500. The zero-order valence-corrected chi connectivity index (χ0v) is 14.8. The quantitative estimate of drug-likeness (QED) is 0.761. The van der Waals surface area contributed by atoms with Crippen molar-refractivity contribution >= 4 is 5.91 Å². The Kier molecular flexibility index (Phi) is 6.63. The third-order valence-corrected chi connectivity index (χ3v) is 4.72. The van der Waals surface area contributed by atoms with E-state index in [9.17, 15) is 4.79 Å². The average Bonchev–Trinajstić information content (AvgIpc) is 3.02. The van der Waals surface area contributed by atoms with E-state index in [4.69, 9.17) is 0 Å². The molecule has 0 atom stereocenters.